The van der Waals surface area contributed by atoms with Gasteiger partial charge in [-0.3, -0.25) is 5.41 Å². The Labute approximate surface area is 108 Å². The summed E-state index contributed by atoms with van der Waals surface area (Å²) < 4.78 is 0. The minimum absolute atomic E-state index is 0.0205. The molecule has 1 aromatic rings. The van der Waals surface area contributed by atoms with E-state index >= 15 is 0 Å². The number of aryl methyl sites for hydroxylation is 1. The van der Waals surface area contributed by atoms with Crippen LogP contribution in [-0.2, 0) is 0 Å². The Morgan fingerprint density at radius 2 is 2.17 bits per heavy atom. The molecule has 0 atom stereocenters. The second-order valence-corrected chi connectivity index (χ2v) is 4.60. The average Bonchev–Trinajstić information content (AvgIpc) is 2.28. The van der Waals surface area contributed by atoms with E-state index in [0.717, 1.165) is 11.5 Å². The van der Waals surface area contributed by atoms with Crippen LogP contribution in [0, 0.1) is 12.3 Å². The van der Waals surface area contributed by atoms with Gasteiger partial charge in [-0.25, -0.2) is 4.98 Å². The molecule has 0 fully saturated rings. The van der Waals surface area contributed by atoms with E-state index in [0.29, 0.717) is 18.5 Å². The number of nitrogen functional groups attached to an aromatic ring is 1. The smallest absolute Gasteiger partial charge is 0.140 e. The molecule has 0 aliphatic rings. The SMILES string of the molecule is Cc1ccc(C(=N)N)c(N(CCCO)C(C)C)n1. The first-order valence-electron chi connectivity index (χ1n) is 6.17. The van der Waals surface area contributed by atoms with Crippen molar-refractivity contribution in [3.8, 4) is 0 Å². The summed E-state index contributed by atoms with van der Waals surface area (Å²) in [6.45, 7) is 6.88. The average molecular weight is 250 g/mol. The predicted octanol–water partition coefficient (Wildman–Crippen LogP) is 1.27. The second kappa shape index (κ2) is 6.35. The van der Waals surface area contributed by atoms with Gasteiger partial charge in [0.15, 0.2) is 0 Å². The van der Waals surface area contributed by atoms with E-state index in [1.165, 1.54) is 0 Å². The van der Waals surface area contributed by atoms with Gasteiger partial charge >= 0.3 is 0 Å². The maximum absolute atomic E-state index is 8.96. The van der Waals surface area contributed by atoms with Crippen molar-refractivity contribution in [1.29, 1.82) is 5.41 Å². The van der Waals surface area contributed by atoms with Gasteiger partial charge in [0.1, 0.15) is 11.7 Å². The Kier molecular flexibility index (Phi) is 5.09. The molecule has 0 aromatic carbocycles. The molecule has 0 saturated heterocycles. The van der Waals surface area contributed by atoms with Crippen LogP contribution < -0.4 is 10.6 Å². The van der Waals surface area contributed by atoms with Crippen LogP contribution in [0.15, 0.2) is 12.1 Å². The van der Waals surface area contributed by atoms with E-state index in [2.05, 4.69) is 23.7 Å². The summed E-state index contributed by atoms with van der Waals surface area (Å²) in [5.74, 6) is 0.748. The second-order valence-electron chi connectivity index (χ2n) is 4.60. The van der Waals surface area contributed by atoms with Gasteiger partial charge in [-0.1, -0.05) is 0 Å². The third-order valence-electron chi connectivity index (χ3n) is 2.76. The van der Waals surface area contributed by atoms with Gasteiger partial charge in [0.2, 0.25) is 0 Å². The van der Waals surface area contributed by atoms with Gasteiger partial charge in [0, 0.05) is 24.9 Å². The Morgan fingerprint density at radius 3 is 2.67 bits per heavy atom. The number of hydrogen-bond donors (Lipinski definition) is 3. The number of nitrogens with two attached hydrogens (primary N) is 1. The lowest BCUT2D eigenvalue weighted by Gasteiger charge is -2.29. The van der Waals surface area contributed by atoms with Crippen LogP contribution in [0.4, 0.5) is 5.82 Å². The van der Waals surface area contributed by atoms with Gasteiger partial charge in [0.05, 0.1) is 5.56 Å². The number of rotatable bonds is 6. The molecule has 4 N–H and O–H groups in total. The number of pyridine rings is 1. The van der Waals surface area contributed by atoms with E-state index in [1.54, 1.807) is 0 Å². The summed E-state index contributed by atoms with van der Waals surface area (Å²) in [4.78, 5) is 6.56. The van der Waals surface area contributed by atoms with Crippen LogP contribution in [0.2, 0.25) is 0 Å². The van der Waals surface area contributed by atoms with Gasteiger partial charge in [-0.2, -0.15) is 0 Å². The summed E-state index contributed by atoms with van der Waals surface area (Å²) in [6.07, 6.45) is 0.672. The van der Waals surface area contributed by atoms with Crippen molar-refractivity contribution in [3.05, 3.63) is 23.4 Å². The lowest BCUT2D eigenvalue weighted by molar-refractivity contribution is 0.288. The third-order valence-corrected chi connectivity index (χ3v) is 2.76. The maximum Gasteiger partial charge on any atom is 0.140 e. The normalized spacial score (nSPS) is 10.7. The Bertz CT molecular complexity index is 417. The van der Waals surface area contributed by atoms with Crippen LogP contribution in [0.1, 0.15) is 31.5 Å². The summed E-state index contributed by atoms with van der Waals surface area (Å²) in [6, 6.07) is 3.92. The maximum atomic E-state index is 8.96. The fourth-order valence-corrected chi connectivity index (χ4v) is 1.82. The predicted molar refractivity (Wildman–Crippen MR) is 74.2 cm³/mol. The Morgan fingerprint density at radius 1 is 1.50 bits per heavy atom. The van der Waals surface area contributed by atoms with Crippen molar-refractivity contribution < 1.29 is 5.11 Å². The molecule has 1 rings (SSSR count). The zero-order valence-electron chi connectivity index (χ0n) is 11.3. The molecule has 1 aromatic heterocycles. The van der Waals surface area contributed by atoms with Crippen LogP contribution in [0.25, 0.3) is 0 Å². The molecule has 0 aliphatic heterocycles. The summed E-state index contributed by atoms with van der Waals surface area (Å²) in [5.41, 5.74) is 7.14. The van der Waals surface area contributed by atoms with Crippen molar-refractivity contribution in [2.24, 2.45) is 5.73 Å². The van der Waals surface area contributed by atoms with Gasteiger partial charge in [-0.05, 0) is 39.3 Å². The molecule has 0 bridgehead atoms. The number of nitrogens with zero attached hydrogens (tertiary/aromatic N) is 2. The number of anilines is 1. The summed E-state index contributed by atoms with van der Waals surface area (Å²) in [5, 5.41) is 16.6. The molecule has 0 radical (unpaired) electrons. The van der Waals surface area contributed by atoms with Gasteiger partial charge in [0.25, 0.3) is 0 Å². The molecule has 0 unspecified atom stereocenters. The Hall–Kier alpha value is -1.62. The first-order valence-corrected chi connectivity index (χ1v) is 6.17. The molecular formula is C13H22N4O. The highest BCUT2D eigenvalue weighted by atomic mass is 16.3. The molecule has 5 nitrogen and oxygen atoms in total. The number of nitrogens with one attached hydrogen (secondary N) is 1. The fraction of sp³-hybridized carbons (Fsp3) is 0.538. The monoisotopic (exact) mass is 250 g/mol. The topological polar surface area (TPSA) is 86.2 Å². The van der Waals surface area contributed by atoms with Gasteiger partial charge in [-0.15, -0.1) is 0 Å². The zero-order valence-corrected chi connectivity index (χ0v) is 11.3. The highest BCUT2D eigenvalue weighted by Crippen LogP contribution is 2.20. The number of aliphatic hydroxyl groups excluding tert-OH is 1. The van der Waals surface area contributed by atoms with E-state index in [4.69, 9.17) is 16.2 Å². The molecule has 0 amide bonds. The fourth-order valence-electron chi connectivity index (χ4n) is 1.82. The van der Waals surface area contributed by atoms with Gasteiger partial charge < -0.3 is 15.7 Å². The minimum Gasteiger partial charge on any atom is -0.396 e. The molecule has 18 heavy (non-hydrogen) atoms. The number of aromatic nitrogens is 1. The lowest BCUT2D eigenvalue weighted by Crippen LogP contribution is -2.35. The third kappa shape index (κ3) is 3.43. The molecule has 1 heterocycles. The van der Waals surface area contributed by atoms with Crippen molar-refractivity contribution >= 4 is 11.7 Å². The largest absolute Gasteiger partial charge is 0.396 e. The van der Waals surface area contributed by atoms with Crippen LogP contribution >= 0.6 is 0 Å². The summed E-state index contributed by atoms with van der Waals surface area (Å²) in [7, 11) is 0. The molecule has 5 heteroatoms. The standard InChI is InChI=1S/C13H22N4O/c1-9(2)17(7-4-8-18)13-11(12(14)15)6-5-10(3)16-13/h5-6,9,18H,4,7-8H2,1-3H3,(H3,14,15). The van der Waals surface area contributed by atoms with Crippen LogP contribution in [0.5, 0.6) is 0 Å². The quantitative estimate of drug-likeness (QED) is 0.524. The first kappa shape index (κ1) is 14.4. The van der Waals surface area contributed by atoms with E-state index in [-0.39, 0.29) is 18.5 Å². The van der Waals surface area contributed by atoms with Crippen molar-refractivity contribution in [1.82, 2.24) is 4.98 Å². The molecule has 100 valence electrons. The number of amidine groups is 1. The first-order chi connectivity index (χ1) is 8.47. The van der Waals surface area contributed by atoms with Crippen LogP contribution in [0.3, 0.4) is 0 Å². The molecule has 0 saturated carbocycles. The Balaban J connectivity index is 3.16. The van der Waals surface area contributed by atoms with Crippen molar-refractivity contribution in [3.63, 3.8) is 0 Å². The van der Waals surface area contributed by atoms with E-state index < -0.39 is 0 Å². The molecule has 0 aliphatic carbocycles. The minimum atomic E-state index is 0.0205. The lowest BCUT2D eigenvalue weighted by atomic mass is 10.1. The van der Waals surface area contributed by atoms with E-state index in [9.17, 15) is 0 Å². The molecule has 0 spiro atoms. The van der Waals surface area contributed by atoms with E-state index in [1.807, 2.05) is 19.1 Å². The molecular weight excluding hydrogens is 228 g/mol. The highest BCUT2D eigenvalue weighted by Gasteiger charge is 2.17. The number of aliphatic hydroxyl groups is 1. The van der Waals surface area contributed by atoms with Crippen molar-refractivity contribution in [2.45, 2.75) is 33.2 Å². The van der Waals surface area contributed by atoms with Crippen LogP contribution in [-0.4, -0.2) is 35.1 Å². The highest BCUT2D eigenvalue weighted by molar-refractivity contribution is 5.99. The number of hydrogen-bond acceptors (Lipinski definition) is 4. The summed E-state index contributed by atoms with van der Waals surface area (Å²) >= 11 is 0. The van der Waals surface area contributed by atoms with Crippen molar-refractivity contribution in [2.75, 3.05) is 18.1 Å². The zero-order chi connectivity index (χ0) is 13.7.